The highest BCUT2D eigenvalue weighted by Gasteiger charge is 2.40. The number of rotatable bonds is 5. The molecule has 0 spiro atoms. The van der Waals surface area contributed by atoms with Gasteiger partial charge in [-0.3, -0.25) is 9.10 Å². The summed E-state index contributed by atoms with van der Waals surface area (Å²) in [6, 6.07) is 23.3. The van der Waals surface area contributed by atoms with Crippen LogP contribution in [0.2, 0.25) is 0 Å². The molecule has 1 N–H and O–H groups in total. The van der Waals surface area contributed by atoms with Crippen molar-refractivity contribution in [2.75, 3.05) is 16.2 Å². The SMILES string of the molecule is C=CCN1c2ccccc2C(c2ccccc2)=C(C(=O)Nc2cccc(Br)c2)S1(=O)=O. The van der Waals surface area contributed by atoms with Crippen molar-refractivity contribution in [2.45, 2.75) is 0 Å². The minimum absolute atomic E-state index is 0.0507. The minimum atomic E-state index is -4.15. The number of nitrogens with zero attached hydrogens (tertiary/aromatic N) is 1. The van der Waals surface area contributed by atoms with E-state index in [0.29, 0.717) is 28.1 Å². The van der Waals surface area contributed by atoms with Crippen LogP contribution in [0.1, 0.15) is 11.1 Å². The van der Waals surface area contributed by atoms with Crippen molar-refractivity contribution in [3.05, 3.63) is 112 Å². The lowest BCUT2D eigenvalue weighted by Gasteiger charge is -2.32. The van der Waals surface area contributed by atoms with Gasteiger partial charge in [-0.15, -0.1) is 6.58 Å². The van der Waals surface area contributed by atoms with Gasteiger partial charge in [-0.05, 0) is 29.8 Å². The molecule has 1 heterocycles. The third kappa shape index (κ3) is 3.94. The molecule has 7 heteroatoms. The van der Waals surface area contributed by atoms with E-state index in [-0.39, 0.29) is 11.4 Å². The number of benzene rings is 3. The third-order valence-corrected chi connectivity index (χ3v) is 7.19. The molecule has 0 saturated carbocycles. The van der Waals surface area contributed by atoms with Gasteiger partial charge < -0.3 is 5.32 Å². The second-order valence-electron chi connectivity index (χ2n) is 6.88. The molecule has 0 aliphatic carbocycles. The first kappa shape index (κ1) is 21.1. The molecule has 1 amide bonds. The van der Waals surface area contributed by atoms with E-state index in [1.54, 1.807) is 42.5 Å². The summed E-state index contributed by atoms with van der Waals surface area (Å²) in [5.74, 6) is -0.694. The van der Waals surface area contributed by atoms with Crippen molar-refractivity contribution < 1.29 is 13.2 Å². The van der Waals surface area contributed by atoms with Crippen LogP contribution in [0.4, 0.5) is 11.4 Å². The molecule has 3 aromatic rings. The Labute approximate surface area is 189 Å². The van der Waals surface area contributed by atoms with E-state index in [9.17, 15) is 13.2 Å². The normalized spacial score (nSPS) is 14.7. The van der Waals surface area contributed by atoms with Gasteiger partial charge in [0.15, 0.2) is 4.91 Å². The highest BCUT2D eigenvalue weighted by Crippen LogP contribution is 2.42. The molecule has 0 radical (unpaired) electrons. The van der Waals surface area contributed by atoms with Crippen LogP contribution in [0.5, 0.6) is 0 Å². The van der Waals surface area contributed by atoms with Crippen LogP contribution in [-0.2, 0) is 14.8 Å². The minimum Gasteiger partial charge on any atom is -0.321 e. The average molecular weight is 495 g/mol. The second-order valence-corrected chi connectivity index (χ2v) is 9.59. The smallest absolute Gasteiger partial charge is 0.270 e. The number of anilines is 2. The molecule has 5 nitrogen and oxygen atoms in total. The number of carbonyl (C=O) groups is 1. The maximum atomic E-state index is 13.7. The quantitative estimate of drug-likeness (QED) is 0.496. The van der Waals surface area contributed by atoms with E-state index in [4.69, 9.17) is 0 Å². The second kappa shape index (κ2) is 8.53. The summed E-state index contributed by atoms with van der Waals surface area (Å²) < 4.78 is 29.4. The first-order valence-corrected chi connectivity index (χ1v) is 11.8. The highest BCUT2D eigenvalue weighted by molar-refractivity contribution is 9.10. The molecule has 0 fully saturated rings. The number of nitrogens with one attached hydrogen (secondary N) is 1. The van der Waals surface area contributed by atoms with Crippen LogP contribution < -0.4 is 9.62 Å². The van der Waals surface area contributed by atoms with E-state index in [2.05, 4.69) is 27.8 Å². The van der Waals surface area contributed by atoms with Gasteiger partial charge in [0.25, 0.3) is 15.9 Å². The zero-order valence-corrected chi connectivity index (χ0v) is 18.9. The first-order valence-electron chi connectivity index (χ1n) is 9.53. The third-order valence-electron chi connectivity index (χ3n) is 4.86. The Kier molecular flexibility index (Phi) is 5.80. The Balaban J connectivity index is 1.98. The summed E-state index contributed by atoms with van der Waals surface area (Å²) in [6.45, 7) is 3.74. The standard InChI is InChI=1S/C24H19BrN2O3S/c1-2-15-27-21-14-7-6-13-20(21)22(17-9-4-3-5-10-17)23(31(27,29)30)24(28)26-19-12-8-11-18(25)16-19/h2-14,16H,1,15H2,(H,26,28). The summed E-state index contributed by atoms with van der Waals surface area (Å²) in [5, 5.41) is 2.74. The molecule has 1 aliphatic heterocycles. The zero-order chi connectivity index (χ0) is 22.0. The van der Waals surface area contributed by atoms with Crippen LogP contribution in [0.3, 0.4) is 0 Å². The van der Waals surface area contributed by atoms with Gasteiger partial charge in [0.1, 0.15) is 0 Å². The summed E-state index contributed by atoms with van der Waals surface area (Å²) in [5.41, 5.74) is 2.70. The fourth-order valence-corrected chi connectivity index (χ4v) is 5.69. The van der Waals surface area contributed by atoms with Crippen LogP contribution >= 0.6 is 15.9 Å². The predicted molar refractivity (Wildman–Crippen MR) is 128 cm³/mol. The molecule has 31 heavy (non-hydrogen) atoms. The number of hydrogen-bond acceptors (Lipinski definition) is 3. The Morgan fingerprint density at radius 3 is 2.42 bits per heavy atom. The number of halogens is 1. The maximum absolute atomic E-state index is 13.7. The van der Waals surface area contributed by atoms with E-state index in [0.717, 1.165) is 4.47 Å². The number of carbonyl (C=O) groups excluding carboxylic acids is 1. The van der Waals surface area contributed by atoms with Crippen molar-refractivity contribution in [3.63, 3.8) is 0 Å². The molecule has 1 aliphatic rings. The van der Waals surface area contributed by atoms with Gasteiger partial charge in [0.2, 0.25) is 0 Å². The molecule has 0 aromatic heterocycles. The predicted octanol–water partition coefficient (Wildman–Crippen LogP) is 5.18. The molecule has 4 rings (SSSR count). The number of sulfonamides is 1. The topological polar surface area (TPSA) is 66.5 Å². The van der Waals surface area contributed by atoms with Crippen molar-refractivity contribution in [1.29, 1.82) is 0 Å². The Morgan fingerprint density at radius 1 is 1.00 bits per heavy atom. The van der Waals surface area contributed by atoms with Gasteiger partial charge in [-0.25, -0.2) is 8.42 Å². The number of hydrogen-bond donors (Lipinski definition) is 1. The number of para-hydroxylation sites is 1. The molecule has 3 aromatic carbocycles. The van der Waals surface area contributed by atoms with Crippen LogP contribution in [0.25, 0.3) is 5.57 Å². The maximum Gasteiger partial charge on any atom is 0.270 e. The summed E-state index contributed by atoms with van der Waals surface area (Å²) in [7, 11) is -4.15. The Morgan fingerprint density at radius 2 is 1.71 bits per heavy atom. The van der Waals surface area contributed by atoms with E-state index in [1.165, 1.54) is 10.4 Å². The zero-order valence-electron chi connectivity index (χ0n) is 16.5. The molecule has 0 unspecified atom stereocenters. The summed E-state index contributed by atoms with van der Waals surface area (Å²) >= 11 is 3.37. The van der Waals surface area contributed by atoms with Crippen molar-refractivity contribution in [2.24, 2.45) is 0 Å². The van der Waals surface area contributed by atoms with Crippen LogP contribution in [-0.4, -0.2) is 20.9 Å². The van der Waals surface area contributed by atoms with Gasteiger partial charge in [-0.1, -0.05) is 76.6 Å². The van der Waals surface area contributed by atoms with Gasteiger partial charge in [0, 0.05) is 21.3 Å². The lowest BCUT2D eigenvalue weighted by Crippen LogP contribution is -2.39. The number of fused-ring (bicyclic) bond motifs is 1. The van der Waals surface area contributed by atoms with Gasteiger partial charge >= 0.3 is 0 Å². The monoisotopic (exact) mass is 494 g/mol. The van der Waals surface area contributed by atoms with E-state index < -0.39 is 15.9 Å². The van der Waals surface area contributed by atoms with Gasteiger partial charge in [0.05, 0.1) is 12.2 Å². The highest BCUT2D eigenvalue weighted by atomic mass is 79.9. The van der Waals surface area contributed by atoms with Crippen molar-refractivity contribution >= 4 is 48.8 Å². The number of amides is 1. The van der Waals surface area contributed by atoms with Crippen molar-refractivity contribution in [3.8, 4) is 0 Å². The van der Waals surface area contributed by atoms with E-state index in [1.807, 2.05) is 36.4 Å². The molecule has 0 atom stereocenters. The molecular formula is C24H19BrN2O3S. The first-order chi connectivity index (χ1) is 14.9. The summed E-state index contributed by atoms with van der Waals surface area (Å²) in [4.78, 5) is 13.1. The Bertz CT molecular complexity index is 1300. The van der Waals surface area contributed by atoms with Crippen LogP contribution in [0, 0.1) is 0 Å². The van der Waals surface area contributed by atoms with Crippen LogP contribution in [0.15, 0.2) is 101 Å². The lowest BCUT2D eigenvalue weighted by atomic mass is 9.95. The average Bonchev–Trinajstić information content (AvgIpc) is 2.75. The van der Waals surface area contributed by atoms with E-state index >= 15 is 0 Å². The lowest BCUT2D eigenvalue weighted by molar-refractivity contribution is -0.112. The fourth-order valence-electron chi connectivity index (χ4n) is 3.58. The largest absolute Gasteiger partial charge is 0.321 e. The molecular weight excluding hydrogens is 476 g/mol. The Hall–Kier alpha value is -3.16. The summed E-state index contributed by atoms with van der Waals surface area (Å²) in [6.07, 6.45) is 1.51. The molecule has 156 valence electrons. The molecule has 0 bridgehead atoms. The van der Waals surface area contributed by atoms with Gasteiger partial charge in [-0.2, -0.15) is 0 Å². The fraction of sp³-hybridized carbons (Fsp3) is 0.0417. The molecule has 0 saturated heterocycles. The van der Waals surface area contributed by atoms with Crippen molar-refractivity contribution in [1.82, 2.24) is 0 Å².